The lowest BCUT2D eigenvalue weighted by Gasteiger charge is -2.28. The highest BCUT2D eigenvalue weighted by Crippen LogP contribution is 2.28. The van der Waals surface area contributed by atoms with Gasteiger partial charge < -0.3 is 9.84 Å². The minimum absolute atomic E-state index is 0.0394. The van der Waals surface area contributed by atoms with Gasteiger partial charge in [-0.2, -0.15) is 0 Å². The van der Waals surface area contributed by atoms with Crippen LogP contribution in [0.1, 0.15) is 52.0 Å². The maximum Gasteiger partial charge on any atom is 0.311 e. The van der Waals surface area contributed by atoms with Gasteiger partial charge in [0.25, 0.3) is 0 Å². The summed E-state index contributed by atoms with van der Waals surface area (Å²) in [5.41, 5.74) is 0.552. The topological polar surface area (TPSA) is 46.5 Å². The minimum atomic E-state index is -0.555. The summed E-state index contributed by atoms with van der Waals surface area (Å²) in [6.07, 6.45) is 1.37. The van der Waals surface area contributed by atoms with Gasteiger partial charge in [-0.25, -0.2) is 0 Å². The van der Waals surface area contributed by atoms with Crippen LogP contribution in [0.4, 0.5) is 0 Å². The zero-order valence-electron chi connectivity index (χ0n) is 12.9. The summed E-state index contributed by atoms with van der Waals surface area (Å²) in [5, 5.41) is 9.62. The molecule has 0 saturated carbocycles. The summed E-state index contributed by atoms with van der Waals surface area (Å²) in [7, 11) is 0. The summed E-state index contributed by atoms with van der Waals surface area (Å²) in [6, 6.07) is 9.94. The summed E-state index contributed by atoms with van der Waals surface area (Å²) in [5.74, 6) is -0.230. The lowest BCUT2D eigenvalue weighted by molar-refractivity contribution is -0.162. The Balaban J connectivity index is 2.90. The lowest BCUT2D eigenvalue weighted by atomic mass is 9.89. The number of esters is 1. The van der Waals surface area contributed by atoms with E-state index in [1.165, 1.54) is 0 Å². The van der Waals surface area contributed by atoms with Crippen molar-refractivity contribution in [2.75, 3.05) is 6.61 Å². The molecule has 0 bridgehead atoms. The third kappa shape index (κ3) is 4.64. The van der Waals surface area contributed by atoms with Crippen LogP contribution in [-0.2, 0) is 9.53 Å². The molecule has 1 rings (SSSR count). The Labute approximate surface area is 122 Å². The molecule has 0 unspecified atom stereocenters. The van der Waals surface area contributed by atoms with E-state index in [-0.39, 0.29) is 18.5 Å². The molecule has 0 aliphatic heterocycles. The zero-order chi connectivity index (χ0) is 15.2. The van der Waals surface area contributed by atoms with E-state index in [0.29, 0.717) is 0 Å². The Bertz CT molecular complexity index is 406. The van der Waals surface area contributed by atoms with Crippen LogP contribution in [0.5, 0.6) is 0 Å². The SMILES string of the molecule is CCC[C@@H](c1ccccc1)[C@H](CO)OC(=O)C(C)(C)C. The Morgan fingerprint density at radius 2 is 1.85 bits per heavy atom. The van der Waals surface area contributed by atoms with Gasteiger partial charge in [-0.15, -0.1) is 0 Å². The molecule has 1 N–H and O–H groups in total. The van der Waals surface area contributed by atoms with Gasteiger partial charge in [0.15, 0.2) is 0 Å². The van der Waals surface area contributed by atoms with Gasteiger partial charge in [-0.05, 0) is 32.8 Å². The second-order valence-corrected chi connectivity index (χ2v) is 6.18. The van der Waals surface area contributed by atoms with Crippen LogP contribution >= 0.6 is 0 Å². The fourth-order valence-electron chi connectivity index (χ4n) is 2.14. The van der Waals surface area contributed by atoms with E-state index < -0.39 is 11.5 Å². The smallest absolute Gasteiger partial charge is 0.311 e. The summed E-state index contributed by atoms with van der Waals surface area (Å²) in [4.78, 5) is 12.0. The van der Waals surface area contributed by atoms with Crippen molar-refractivity contribution >= 4 is 5.97 Å². The molecule has 112 valence electrons. The molecule has 1 aromatic rings. The van der Waals surface area contributed by atoms with Crippen molar-refractivity contribution < 1.29 is 14.6 Å². The van der Waals surface area contributed by atoms with Gasteiger partial charge in [0, 0.05) is 5.92 Å². The van der Waals surface area contributed by atoms with E-state index in [9.17, 15) is 9.90 Å². The van der Waals surface area contributed by atoms with Crippen LogP contribution in [0.15, 0.2) is 30.3 Å². The largest absolute Gasteiger partial charge is 0.459 e. The molecule has 0 aromatic heterocycles. The number of hydrogen-bond donors (Lipinski definition) is 1. The molecule has 0 saturated heterocycles. The second-order valence-electron chi connectivity index (χ2n) is 6.18. The quantitative estimate of drug-likeness (QED) is 0.810. The number of rotatable bonds is 6. The van der Waals surface area contributed by atoms with E-state index in [0.717, 1.165) is 18.4 Å². The first kappa shape index (κ1) is 16.7. The molecule has 3 nitrogen and oxygen atoms in total. The highest BCUT2D eigenvalue weighted by atomic mass is 16.6. The van der Waals surface area contributed by atoms with Gasteiger partial charge in [0.05, 0.1) is 12.0 Å². The van der Waals surface area contributed by atoms with Gasteiger partial charge in [-0.3, -0.25) is 4.79 Å². The van der Waals surface area contributed by atoms with Crippen molar-refractivity contribution in [3.8, 4) is 0 Å². The second kappa shape index (κ2) is 7.44. The number of ether oxygens (including phenoxy) is 1. The Hall–Kier alpha value is -1.35. The molecule has 0 amide bonds. The van der Waals surface area contributed by atoms with Crippen LogP contribution in [0, 0.1) is 5.41 Å². The van der Waals surface area contributed by atoms with Crippen LogP contribution in [0.3, 0.4) is 0 Å². The Kier molecular flexibility index (Phi) is 6.21. The zero-order valence-corrected chi connectivity index (χ0v) is 12.9. The third-order valence-electron chi connectivity index (χ3n) is 3.33. The van der Waals surface area contributed by atoms with Crippen molar-refractivity contribution in [2.24, 2.45) is 5.41 Å². The minimum Gasteiger partial charge on any atom is -0.459 e. The molecule has 0 heterocycles. The molecular weight excluding hydrogens is 252 g/mol. The third-order valence-corrected chi connectivity index (χ3v) is 3.33. The number of carbonyl (C=O) groups excluding carboxylic acids is 1. The molecular formula is C17H26O3. The Morgan fingerprint density at radius 1 is 1.25 bits per heavy atom. The summed E-state index contributed by atoms with van der Waals surface area (Å²) < 4.78 is 5.54. The van der Waals surface area contributed by atoms with E-state index in [2.05, 4.69) is 6.92 Å². The first-order valence-electron chi connectivity index (χ1n) is 7.27. The first-order valence-corrected chi connectivity index (χ1v) is 7.27. The van der Waals surface area contributed by atoms with Crippen LogP contribution in [-0.4, -0.2) is 23.8 Å². The predicted octanol–water partition coefficient (Wildman–Crippen LogP) is 3.52. The summed E-state index contributed by atoms with van der Waals surface area (Å²) in [6.45, 7) is 7.40. The van der Waals surface area contributed by atoms with Gasteiger partial charge >= 0.3 is 5.97 Å². The molecule has 3 heteroatoms. The molecule has 0 fully saturated rings. The summed E-state index contributed by atoms with van der Waals surface area (Å²) >= 11 is 0. The fraction of sp³-hybridized carbons (Fsp3) is 0.588. The average molecular weight is 278 g/mol. The normalized spacial score (nSPS) is 14.7. The van der Waals surface area contributed by atoms with Gasteiger partial charge in [0.2, 0.25) is 0 Å². The number of aliphatic hydroxyl groups excluding tert-OH is 1. The van der Waals surface area contributed by atoms with Crippen LogP contribution < -0.4 is 0 Å². The number of carbonyl (C=O) groups is 1. The van der Waals surface area contributed by atoms with E-state index in [1.807, 2.05) is 51.1 Å². The first-order chi connectivity index (χ1) is 9.40. The van der Waals surface area contributed by atoms with E-state index in [4.69, 9.17) is 4.74 Å². The molecule has 20 heavy (non-hydrogen) atoms. The monoisotopic (exact) mass is 278 g/mol. The van der Waals surface area contributed by atoms with Gasteiger partial charge in [-0.1, -0.05) is 43.7 Å². The predicted molar refractivity (Wildman–Crippen MR) is 80.5 cm³/mol. The molecule has 0 aliphatic rings. The van der Waals surface area contributed by atoms with Crippen molar-refractivity contribution in [1.29, 1.82) is 0 Å². The van der Waals surface area contributed by atoms with Crippen molar-refractivity contribution in [3.63, 3.8) is 0 Å². The average Bonchev–Trinajstić information content (AvgIpc) is 2.42. The Morgan fingerprint density at radius 3 is 2.30 bits per heavy atom. The fourth-order valence-corrected chi connectivity index (χ4v) is 2.14. The van der Waals surface area contributed by atoms with Crippen LogP contribution in [0.25, 0.3) is 0 Å². The standard InChI is InChI=1S/C17H26O3/c1-5-9-14(13-10-7-6-8-11-13)15(12-18)20-16(19)17(2,3)4/h6-8,10-11,14-15,18H,5,9,12H2,1-4H3/t14-,15-/m0/s1. The van der Waals surface area contributed by atoms with Crippen molar-refractivity contribution in [3.05, 3.63) is 35.9 Å². The van der Waals surface area contributed by atoms with Crippen LogP contribution in [0.2, 0.25) is 0 Å². The lowest BCUT2D eigenvalue weighted by Crippen LogP contribution is -2.34. The highest BCUT2D eigenvalue weighted by Gasteiger charge is 2.30. The molecule has 1 aromatic carbocycles. The number of benzene rings is 1. The maximum atomic E-state index is 12.0. The van der Waals surface area contributed by atoms with Crippen molar-refractivity contribution in [1.82, 2.24) is 0 Å². The molecule has 0 aliphatic carbocycles. The molecule has 0 spiro atoms. The maximum absolute atomic E-state index is 12.0. The van der Waals surface area contributed by atoms with Gasteiger partial charge in [0.1, 0.15) is 6.10 Å². The van der Waals surface area contributed by atoms with E-state index in [1.54, 1.807) is 0 Å². The number of aliphatic hydroxyl groups is 1. The molecule has 2 atom stereocenters. The van der Waals surface area contributed by atoms with Crippen molar-refractivity contribution in [2.45, 2.75) is 52.6 Å². The number of hydrogen-bond acceptors (Lipinski definition) is 3. The molecule has 0 radical (unpaired) electrons. The van der Waals surface area contributed by atoms with E-state index >= 15 is 0 Å². The highest BCUT2D eigenvalue weighted by molar-refractivity contribution is 5.75.